The number of phenols is 1. The molecule has 0 saturated heterocycles. The lowest BCUT2D eigenvalue weighted by molar-refractivity contribution is -0.135. The van der Waals surface area contributed by atoms with Crippen molar-refractivity contribution >= 4 is 61.5 Å². The fourth-order valence-corrected chi connectivity index (χ4v) is 5.21. The first-order valence-corrected chi connectivity index (χ1v) is 10.0. The van der Waals surface area contributed by atoms with Gasteiger partial charge < -0.3 is 24.6 Å². The third-order valence-electron chi connectivity index (χ3n) is 3.71. The molecule has 1 aromatic heterocycles. The van der Waals surface area contributed by atoms with Gasteiger partial charge in [0, 0.05) is 17.2 Å². The zero-order valence-electron chi connectivity index (χ0n) is 13.2. The monoisotopic (exact) mass is 448 g/mol. The van der Waals surface area contributed by atoms with Gasteiger partial charge in [0.1, 0.15) is 4.91 Å². The van der Waals surface area contributed by atoms with Crippen LogP contribution in [0.15, 0.2) is 20.8 Å². The number of aromatic carboxylic acids is 1. The summed E-state index contributed by atoms with van der Waals surface area (Å²) in [5.41, 5.74) is -0.913. The Kier molecular flexibility index (Phi) is 4.74. The Balaban J connectivity index is 2.44. The Morgan fingerprint density at radius 3 is 2.21 bits per heavy atom. The number of thioether (sulfide) groups is 1. The summed E-state index contributed by atoms with van der Waals surface area (Å²) in [5.74, 6) is -6.25. The van der Waals surface area contributed by atoms with Gasteiger partial charge in [-0.25, -0.2) is 14.4 Å². The smallest absolute Gasteiger partial charge is 0.446 e. The van der Waals surface area contributed by atoms with Crippen LogP contribution in [0.3, 0.4) is 0 Å². The molecule has 0 aliphatic carbocycles. The van der Waals surface area contributed by atoms with Crippen LogP contribution in [0.2, 0.25) is 0 Å². The Labute approximate surface area is 163 Å². The molecule has 0 fully saturated rings. The molecular weight excluding hydrogens is 440 g/mol. The lowest BCUT2D eigenvalue weighted by Crippen LogP contribution is -2.17. The Morgan fingerprint density at radius 1 is 1.07 bits per heavy atom. The molecule has 1 aliphatic rings. The minimum Gasteiger partial charge on any atom is -0.503 e. The summed E-state index contributed by atoms with van der Waals surface area (Å²) in [7, 11) is -5.14. The van der Waals surface area contributed by atoms with Crippen LogP contribution in [0.5, 0.6) is 11.5 Å². The second-order valence-corrected chi connectivity index (χ2v) is 8.27. The lowest BCUT2D eigenvalue weighted by atomic mass is 9.97. The van der Waals surface area contributed by atoms with Gasteiger partial charge in [-0.1, -0.05) is 11.8 Å². The van der Waals surface area contributed by atoms with E-state index in [9.17, 15) is 43.2 Å². The van der Waals surface area contributed by atoms with Crippen molar-refractivity contribution in [2.24, 2.45) is 0 Å². The first-order chi connectivity index (χ1) is 12.9. The molecule has 5 N–H and O–H groups in total. The molecule has 0 saturated carbocycles. The number of phenolic OH excluding ortho intramolecular Hbond substituents is 1. The number of hydrogen-bond donors (Lipinski definition) is 5. The normalized spacial score (nSPS) is 14.0. The van der Waals surface area contributed by atoms with Gasteiger partial charge in [-0.3, -0.25) is 4.55 Å². The van der Waals surface area contributed by atoms with Crippen molar-refractivity contribution < 1.29 is 52.0 Å². The van der Waals surface area contributed by atoms with Crippen molar-refractivity contribution in [1.29, 1.82) is 0 Å². The van der Waals surface area contributed by atoms with E-state index in [1.54, 1.807) is 0 Å². The van der Waals surface area contributed by atoms with E-state index < -0.39 is 56.7 Å². The maximum absolute atomic E-state index is 11.5. The van der Waals surface area contributed by atoms with E-state index in [0.29, 0.717) is 0 Å². The zero-order valence-corrected chi connectivity index (χ0v) is 15.6. The quantitative estimate of drug-likeness (QED) is 0.415. The van der Waals surface area contributed by atoms with Gasteiger partial charge in [0.2, 0.25) is 5.75 Å². The average Bonchev–Trinajstić information content (AvgIpc) is 3.01. The van der Waals surface area contributed by atoms with Crippen molar-refractivity contribution in [3.8, 4) is 11.5 Å². The molecule has 0 unspecified atom stereocenters. The van der Waals surface area contributed by atoms with E-state index in [1.165, 1.54) is 0 Å². The number of carbonyl (C=O) groups is 3. The second-order valence-electron chi connectivity index (χ2n) is 5.35. The van der Waals surface area contributed by atoms with Crippen LogP contribution in [0.1, 0.15) is 15.9 Å². The molecule has 0 radical (unpaired) electrons. The molecule has 0 spiro atoms. The van der Waals surface area contributed by atoms with Crippen molar-refractivity contribution in [2.75, 3.05) is 0 Å². The third kappa shape index (κ3) is 3.26. The Hall–Kier alpha value is -2.81. The van der Waals surface area contributed by atoms with Crippen molar-refractivity contribution in [2.45, 2.75) is 11.3 Å². The van der Waals surface area contributed by atoms with Gasteiger partial charge in [-0.05, 0) is 5.56 Å². The van der Waals surface area contributed by atoms with Gasteiger partial charge in [0.05, 0.1) is 20.7 Å². The van der Waals surface area contributed by atoms with Gasteiger partial charge >= 0.3 is 28.3 Å². The van der Waals surface area contributed by atoms with Crippen LogP contribution in [0, 0.1) is 0 Å². The van der Waals surface area contributed by atoms with Crippen LogP contribution < -0.4 is 4.18 Å². The number of aromatic hydroxyl groups is 1. The number of fused-ring (bicyclic) bond motifs is 3. The highest BCUT2D eigenvalue weighted by Crippen LogP contribution is 2.54. The molecule has 1 aromatic carbocycles. The maximum Gasteiger partial charge on any atom is 0.446 e. The minimum absolute atomic E-state index is 0.0579. The van der Waals surface area contributed by atoms with Gasteiger partial charge in [0.15, 0.2) is 5.75 Å². The Morgan fingerprint density at radius 2 is 1.71 bits per heavy atom. The topological polar surface area (TPSA) is 196 Å². The standard InChI is InChI=1S/C14H8O11S3/c15-7-8(25-28(22,23)24)9-3(6-5(13(18)19)2-26-11(6)7)1-4(12(16)17)10(27-9)14(20)21/h2,15H,1H2,(H,16,17)(H,18,19)(H,20,21)(H,22,23,24). The van der Waals surface area contributed by atoms with Crippen molar-refractivity contribution in [3.05, 3.63) is 27.0 Å². The summed E-state index contributed by atoms with van der Waals surface area (Å²) in [4.78, 5) is 33.4. The molecule has 0 atom stereocenters. The van der Waals surface area contributed by atoms with Crippen LogP contribution in [-0.2, 0) is 26.4 Å². The predicted octanol–water partition coefficient (Wildman–Crippen LogP) is 1.56. The third-order valence-corrected chi connectivity index (χ3v) is 6.33. The predicted molar refractivity (Wildman–Crippen MR) is 94.5 cm³/mol. The molecule has 148 valence electrons. The Bertz CT molecular complexity index is 1200. The first kappa shape index (κ1) is 19.9. The van der Waals surface area contributed by atoms with Crippen molar-refractivity contribution in [1.82, 2.24) is 0 Å². The van der Waals surface area contributed by atoms with Crippen molar-refractivity contribution in [3.63, 3.8) is 0 Å². The number of hydrogen-bond acceptors (Lipinski definition) is 9. The van der Waals surface area contributed by atoms with Gasteiger partial charge in [-0.15, -0.1) is 11.3 Å². The first-order valence-electron chi connectivity index (χ1n) is 6.99. The lowest BCUT2D eigenvalue weighted by Gasteiger charge is -2.22. The molecule has 1 aliphatic heterocycles. The number of rotatable bonds is 5. The molecule has 14 heteroatoms. The molecule has 2 heterocycles. The molecule has 2 aromatic rings. The van der Waals surface area contributed by atoms with E-state index in [4.69, 9.17) is 4.55 Å². The maximum atomic E-state index is 11.5. The van der Waals surface area contributed by atoms with E-state index in [-0.39, 0.29) is 37.9 Å². The highest BCUT2D eigenvalue weighted by atomic mass is 32.3. The summed E-state index contributed by atoms with van der Waals surface area (Å²) < 4.78 is 35.6. The molecule has 0 amide bonds. The largest absolute Gasteiger partial charge is 0.503 e. The SMILES string of the molecule is O=C(O)C1=C(C(=O)O)Sc2c(OS(=O)(=O)O)c(O)c3scc(C(=O)O)c3c2C1. The molecule has 3 rings (SSSR count). The van der Waals surface area contributed by atoms with Crippen LogP contribution in [-0.4, -0.2) is 51.3 Å². The van der Waals surface area contributed by atoms with Gasteiger partial charge in [-0.2, -0.15) is 8.42 Å². The van der Waals surface area contributed by atoms with E-state index in [2.05, 4.69) is 4.18 Å². The number of aliphatic carboxylic acids is 2. The summed E-state index contributed by atoms with van der Waals surface area (Å²) in [5, 5.41) is 39.4. The molecule has 11 nitrogen and oxygen atoms in total. The molecule has 0 bridgehead atoms. The fraction of sp³-hybridized carbons (Fsp3) is 0.0714. The van der Waals surface area contributed by atoms with E-state index in [0.717, 1.165) is 16.7 Å². The fourth-order valence-electron chi connectivity index (χ4n) is 2.68. The highest BCUT2D eigenvalue weighted by Gasteiger charge is 2.36. The second kappa shape index (κ2) is 6.66. The van der Waals surface area contributed by atoms with E-state index >= 15 is 0 Å². The molecular formula is C14H8O11S3. The van der Waals surface area contributed by atoms with Crippen LogP contribution in [0.25, 0.3) is 10.1 Å². The number of thiophene rings is 1. The summed E-state index contributed by atoms with van der Waals surface area (Å²) >= 11 is 0.994. The summed E-state index contributed by atoms with van der Waals surface area (Å²) in [6.07, 6.45) is -0.574. The molecule has 28 heavy (non-hydrogen) atoms. The van der Waals surface area contributed by atoms with Gasteiger partial charge in [0.25, 0.3) is 0 Å². The minimum atomic E-state index is -5.14. The number of benzene rings is 1. The number of carboxylic acid groups (broad SMARTS) is 3. The summed E-state index contributed by atoms with van der Waals surface area (Å²) in [6.45, 7) is 0. The number of carboxylic acids is 3. The average molecular weight is 448 g/mol. The summed E-state index contributed by atoms with van der Waals surface area (Å²) in [6, 6.07) is 0. The van der Waals surface area contributed by atoms with Crippen LogP contribution in [0.4, 0.5) is 0 Å². The van der Waals surface area contributed by atoms with E-state index in [1.807, 2.05) is 0 Å². The zero-order chi connectivity index (χ0) is 21.0. The highest BCUT2D eigenvalue weighted by molar-refractivity contribution is 8.04. The van der Waals surface area contributed by atoms with Crippen LogP contribution >= 0.6 is 23.1 Å².